The first-order chi connectivity index (χ1) is 18.3. The van der Waals surface area contributed by atoms with Crippen LogP contribution in [0.5, 0.6) is 0 Å². The number of piperazine rings is 1. The average Bonchev–Trinajstić information content (AvgIpc) is 3.57. The van der Waals surface area contributed by atoms with Gasteiger partial charge in [0, 0.05) is 49.7 Å². The fraction of sp³-hybridized carbons (Fsp3) is 0.407. The van der Waals surface area contributed by atoms with Crippen molar-refractivity contribution in [3.05, 3.63) is 60.1 Å². The van der Waals surface area contributed by atoms with Gasteiger partial charge in [0.15, 0.2) is 5.69 Å². The van der Waals surface area contributed by atoms with E-state index in [-0.39, 0.29) is 11.9 Å². The quantitative estimate of drug-likeness (QED) is 0.399. The second-order valence-corrected chi connectivity index (χ2v) is 9.89. The maximum atomic E-state index is 12.9. The number of hydrogen-bond donors (Lipinski definition) is 1. The number of aryl methyl sites for hydroxylation is 2. The third kappa shape index (κ3) is 5.28. The van der Waals surface area contributed by atoms with Crippen LogP contribution < -0.4 is 10.2 Å². The number of aromatic nitrogens is 7. The van der Waals surface area contributed by atoms with Gasteiger partial charge < -0.3 is 15.1 Å². The molecule has 0 unspecified atom stereocenters. The third-order valence-corrected chi connectivity index (χ3v) is 6.91. The van der Waals surface area contributed by atoms with E-state index in [2.05, 4.69) is 53.5 Å². The topological polar surface area (TPSA) is 110 Å². The van der Waals surface area contributed by atoms with Gasteiger partial charge in [0.2, 0.25) is 0 Å². The molecule has 4 aromatic heterocycles. The van der Waals surface area contributed by atoms with E-state index in [1.54, 1.807) is 23.1 Å². The van der Waals surface area contributed by atoms with Crippen molar-refractivity contribution in [3.8, 4) is 16.9 Å². The van der Waals surface area contributed by atoms with E-state index in [0.717, 1.165) is 66.7 Å². The molecular formula is C27H34N10O. The second-order valence-electron chi connectivity index (χ2n) is 9.89. The van der Waals surface area contributed by atoms with Crippen molar-refractivity contribution in [2.24, 2.45) is 0 Å². The zero-order valence-corrected chi connectivity index (χ0v) is 22.6. The standard InChI is InChI=1S/C27H34N10O/c1-6-34-7-9-35(10-8-34)23-12-21(14-28-16-23)25-17-36(33-31-25)26-13-22(15-29-20(26)5)30-27(38)24-11-19(4)37(32-24)18(2)3/h11-18H,6-10H2,1-5H3,(H,30,38). The number of anilines is 2. The van der Waals surface area contributed by atoms with Gasteiger partial charge >= 0.3 is 0 Å². The molecule has 0 aromatic carbocycles. The van der Waals surface area contributed by atoms with Crippen molar-refractivity contribution in [1.82, 2.24) is 39.6 Å². The van der Waals surface area contributed by atoms with Gasteiger partial charge in [-0.15, -0.1) is 5.10 Å². The molecule has 38 heavy (non-hydrogen) atoms. The molecule has 198 valence electrons. The van der Waals surface area contributed by atoms with Crippen LogP contribution in [-0.2, 0) is 0 Å². The predicted octanol–water partition coefficient (Wildman–Crippen LogP) is 3.51. The number of pyridine rings is 2. The van der Waals surface area contributed by atoms with E-state index in [0.29, 0.717) is 11.4 Å². The summed E-state index contributed by atoms with van der Waals surface area (Å²) in [7, 11) is 0. The summed E-state index contributed by atoms with van der Waals surface area (Å²) in [6.45, 7) is 15.2. The Hall–Kier alpha value is -4.12. The Bertz CT molecular complexity index is 1430. The zero-order chi connectivity index (χ0) is 26.8. The lowest BCUT2D eigenvalue weighted by Crippen LogP contribution is -2.46. The first kappa shape index (κ1) is 25.5. The number of hydrogen-bond acceptors (Lipinski definition) is 8. The van der Waals surface area contributed by atoms with Gasteiger partial charge in [-0.2, -0.15) is 5.10 Å². The molecule has 4 aromatic rings. The minimum atomic E-state index is -0.286. The largest absolute Gasteiger partial charge is 0.368 e. The third-order valence-electron chi connectivity index (χ3n) is 6.91. The smallest absolute Gasteiger partial charge is 0.276 e. The Morgan fingerprint density at radius 1 is 1.05 bits per heavy atom. The number of likely N-dealkylation sites (N-methyl/N-ethyl adjacent to an activating group) is 1. The van der Waals surface area contributed by atoms with Crippen LogP contribution in [0.4, 0.5) is 11.4 Å². The second kappa shape index (κ2) is 10.7. The maximum absolute atomic E-state index is 12.9. The molecule has 1 fully saturated rings. The molecule has 0 bridgehead atoms. The van der Waals surface area contributed by atoms with Crippen LogP contribution in [-0.4, -0.2) is 78.3 Å². The SMILES string of the molecule is CCN1CCN(c2cncc(-c3cn(-c4cc(NC(=O)c5cc(C)n(C(C)C)n5)cnc4C)nn3)c2)CC1. The number of carbonyl (C=O) groups is 1. The zero-order valence-electron chi connectivity index (χ0n) is 22.6. The van der Waals surface area contributed by atoms with Crippen molar-refractivity contribution >= 4 is 17.3 Å². The molecule has 0 spiro atoms. The highest BCUT2D eigenvalue weighted by atomic mass is 16.2. The molecule has 0 saturated carbocycles. The number of nitrogens with zero attached hydrogens (tertiary/aromatic N) is 9. The van der Waals surface area contributed by atoms with Crippen LogP contribution in [0.15, 0.2) is 43.0 Å². The average molecular weight is 515 g/mol. The van der Waals surface area contributed by atoms with E-state index in [1.165, 1.54) is 0 Å². The summed E-state index contributed by atoms with van der Waals surface area (Å²) in [5, 5.41) is 16.1. The Kier molecular flexibility index (Phi) is 7.19. The Labute approximate surface area is 222 Å². The minimum absolute atomic E-state index is 0.174. The van der Waals surface area contributed by atoms with Crippen LogP contribution in [0.3, 0.4) is 0 Å². The van der Waals surface area contributed by atoms with E-state index in [9.17, 15) is 4.79 Å². The van der Waals surface area contributed by atoms with E-state index < -0.39 is 0 Å². The minimum Gasteiger partial charge on any atom is -0.368 e. The van der Waals surface area contributed by atoms with Crippen molar-refractivity contribution in [3.63, 3.8) is 0 Å². The Morgan fingerprint density at radius 3 is 2.55 bits per heavy atom. The molecule has 0 radical (unpaired) electrons. The first-order valence-electron chi connectivity index (χ1n) is 13.0. The van der Waals surface area contributed by atoms with Crippen molar-refractivity contribution < 1.29 is 4.79 Å². The van der Waals surface area contributed by atoms with Gasteiger partial charge in [-0.25, -0.2) is 4.68 Å². The van der Waals surface area contributed by atoms with Crippen LogP contribution >= 0.6 is 0 Å². The molecule has 11 nitrogen and oxygen atoms in total. The maximum Gasteiger partial charge on any atom is 0.276 e. The summed E-state index contributed by atoms with van der Waals surface area (Å²) in [5.74, 6) is -0.286. The van der Waals surface area contributed by atoms with Crippen molar-refractivity contribution in [2.75, 3.05) is 42.9 Å². The van der Waals surface area contributed by atoms with Crippen LogP contribution in [0, 0.1) is 13.8 Å². The van der Waals surface area contributed by atoms with Gasteiger partial charge in [-0.3, -0.25) is 19.4 Å². The van der Waals surface area contributed by atoms with Gasteiger partial charge in [-0.05, 0) is 52.4 Å². The summed E-state index contributed by atoms with van der Waals surface area (Å²) in [4.78, 5) is 26.6. The summed E-state index contributed by atoms with van der Waals surface area (Å²) in [6, 6.07) is 5.91. The summed E-state index contributed by atoms with van der Waals surface area (Å²) < 4.78 is 3.51. The normalized spacial score (nSPS) is 14.3. The van der Waals surface area contributed by atoms with Crippen molar-refractivity contribution in [1.29, 1.82) is 0 Å². The van der Waals surface area contributed by atoms with Crippen molar-refractivity contribution in [2.45, 2.75) is 40.7 Å². The molecule has 1 saturated heterocycles. The van der Waals surface area contributed by atoms with Crippen LogP contribution in [0.1, 0.15) is 48.7 Å². The molecule has 1 aliphatic heterocycles. The lowest BCUT2D eigenvalue weighted by atomic mass is 10.2. The highest BCUT2D eigenvalue weighted by Crippen LogP contribution is 2.25. The van der Waals surface area contributed by atoms with Crippen LogP contribution in [0.25, 0.3) is 16.9 Å². The molecule has 1 N–H and O–H groups in total. The number of rotatable bonds is 7. The van der Waals surface area contributed by atoms with Crippen LogP contribution in [0.2, 0.25) is 0 Å². The lowest BCUT2D eigenvalue weighted by molar-refractivity contribution is 0.102. The number of nitrogens with one attached hydrogen (secondary N) is 1. The van der Waals surface area contributed by atoms with E-state index in [1.807, 2.05) is 50.8 Å². The first-order valence-corrected chi connectivity index (χ1v) is 13.0. The van der Waals surface area contributed by atoms with E-state index >= 15 is 0 Å². The molecular weight excluding hydrogens is 480 g/mol. The number of carbonyl (C=O) groups excluding carboxylic acids is 1. The summed E-state index contributed by atoms with van der Waals surface area (Å²) in [6.07, 6.45) is 7.20. The summed E-state index contributed by atoms with van der Waals surface area (Å²) >= 11 is 0. The molecule has 11 heteroatoms. The molecule has 1 aliphatic rings. The molecule has 1 amide bonds. The van der Waals surface area contributed by atoms with Gasteiger partial charge in [0.25, 0.3) is 5.91 Å². The Morgan fingerprint density at radius 2 is 1.84 bits per heavy atom. The Balaban J connectivity index is 1.34. The van der Waals surface area contributed by atoms with Gasteiger partial charge in [0.05, 0.1) is 41.3 Å². The highest BCUT2D eigenvalue weighted by Gasteiger charge is 2.18. The van der Waals surface area contributed by atoms with E-state index in [4.69, 9.17) is 0 Å². The predicted molar refractivity (Wildman–Crippen MR) is 147 cm³/mol. The molecule has 0 aliphatic carbocycles. The number of amides is 1. The highest BCUT2D eigenvalue weighted by molar-refractivity contribution is 6.03. The fourth-order valence-electron chi connectivity index (χ4n) is 4.72. The summed E-state index contributed by atoms with van der Waals surface area (Å²) in [5.41, 5.74) is 6.05. The molecule has 5 rings (SSSR count). The van der Waals surface area contributed by atoms with Gasteiger partial charge in [-0.1, -0.05) is 12.1 Å². The van der Waals surface area contributed by atoms with Gasteiger partial charge in [0.1, 0.15) is 5.69 Å². The monoisotopic (exact) mass is 514 g/mol. The molecule has 0 atom stereocenters. The molecule has 5 heterocycles. The lowest BCUT2D eigenvalue weighted by Gasteiger charge is -2.35. The fourth-order valence-corrected chi connectivity index (χ4v) is 4.72.